The first-order valence-electron chi connectivity index (χ1n) is 9.97. The Morgan fingerprint density at radius 1 is 1.12 bits per heavy atom. The van der Waals surface area contributed by atoms with Crippen molar-refractivity contribution < 1.29 is 33.1 Å². The van der Waals surface area contributed by atoms with Crippen LogP contribution in [0.1, 0.15) is 21.7 Å². The highest BCUT2D eigenvalue weighted by molar-refractivity contribution is 8.18. The molecule has 1 aliphatic rings. The third kappa shape index (κ3) is 4.76. The van der Waals surface area contributed by atoms with Gasteiger partial charge in [-0.1, -0.05) is 12.1 Å². The van der Waals surface area contributed by atoms with E-state index >= 15 is 0 Å². The van der Waals surface area contributed by atoms with Crippen LogP contribution in [0, 0.1) is 12.7 Å². The van der Waals surface area contributed by atoms with E-state index in [1.54, 1.807) is 31.2 Å². The molecule has 4 rings (SSSR count). The lowest BCUT2D eigenvalue weighted by Crippen LogP contribution is -2.36. The highest BCUT2D eigenvalue weighted by atomic mass is 32.2. The zero-order valence-corrected chi connectivity index (χ0v) is 18.5. The fourth-order valence-electron chi connectivity index (χ4n) is 3.35. The van der Waals surface area contributed by atoms with Crippen LogP contribution in [0.4, 0.5) is 14.9 Å². The molecule has 0 bridgehead atoms. The molecule has 3 aromatic rings. The molecule has 8 nitrogen and oxygen atoms in total. The fraction of sp³-hybridized carbons (Fsp3) is 0.0833. The van der Waals surface area contributed by atoms with Gasteiger partial charge in [-0.25, -0.2) is 9.18 Å². The van der Waals surface area contributed by atoms with E-state index in [0.717, 1.165) is 4.90 Å². The predicted molar refractivity (Wildman–Crippen MR) is 124 cm³/mol. The Hall–Kier alpha value is -4.18. The number of carbonyl (C=O) groups excluding carboxylic acids is 3. The van der Waals surface area contributed by atoms with Crippen LogP contribution in [0.3, 0.4) is 0 Å². The molecule has 2 N–H and O–H groups in total. The molecule has 1 aromatic heterocycles. The average Bonchev–Trinajstić information content (AvgIpc) is 3.35. The number of carbonyl (C=O) groups is 4. The van der Waals surface area contributed by atoms with Gasteiger partial charge in [0, 0.05) is 17.3 Å². The van der Waals surface area contributed by atoms with Crippen LogP contribution >= 0.6 is 11.8 Å². The van der Waals surface area contributed by atoms with Gasteiger partial charge in [0.25, 0.3) is 11.1 Å². The van der Waals surface area contributed by atoms with Gasteiger partial charge in [-0.3, -0.25) is 19.3 Å². The van der Waals surface area contributed by atoms with Crippen LogP contribution in [0.15, 0.2) is 63.9 Å². The van der Waals surface area contributed by atoms with Crippen LogP contribution in [0.2, 0.25) is 0 Å². The molecule has 1 fully saturated rings. The van der Waals surface area contributed by atoms with Crippen LogP contribution in [-0.4, -0.2) is 39.6 Å². The summed E-state index contributed by atoms with van der Waals surface area (Å²) in [6.07, 6.45) is 1.39. The third-order valence-corrected chi connectivity index (χ3v) is 5.94. The number of hydrogen-bond donors (Lipinski definition) is 2. The number of nitrogens with one attached hydrogen (secondary N) is 1. The van der Waals surface area contributed by atoms with Crippen molar-refractivity contribution in [3.63, 3.8) is 0 Å². The van der Waals surface area contributed by atoms with E-state index in [2.05, 4.69) is 5.32 Å². The lowest BCUT2D eigenvalue weighted by atomic mass is 10.0. The van der Waals surface area contributed by atoms with E-state index in [-0.39, 0.29) is 16.2 Å². The Morgan fingerprint density at radius 2 is 1.85 bits per heavy atom. The molecule has 10 heteroatoms. The van der Waals surface area contributed by atoms with Gasteiger partial charge >= 0.3 is 5.97 Å². The monoisotopic (exact) mass is 480 g/mol. The molecule has 34 heavy (non-hydrogen) atoms. The number of rotatable bonds is 6. The van der Waals surface area contributed by atoms with Gasteiger partial charge in [0.15, 0.2) is 0 Å². The van der Waals surface area contributed by atoms with Gasteiger partial charge in [-0.15, -0.1) is 0 Å². The quantitative estimate of drug-likeness (QED) is 0.488. The normalized spacial score (nSPS) is 14.6. The van der Waals surface area contributed by atoms with E-state index in [4.69, 9.17) is 4.42 Å². The van der Waals surface area contributed by atoms with Crippen molar-refractivity contribution in [2.45, 2.75) is 6.92 Å². The number of nitrogens with zero attached hydrogens (tertiary/aromatic N) is 1. The Balaban J connectivity index is 1.48. The molecule has 2 heterocycles. The molecule has 0 spiro atoms. The average molecular weight is 480 g/mol. The summed E-state index contributed by atoms with van der Waals surface area (Å²) in [7, 11) is 0. The van der Waals surface area contributed by atoms with E-state index in [1.807, 2.05) is 0 Å². The Kier molecular flexibility index (Phi) is 6.33. The summed E-state index contributed by atoms with van der Waals surface area (Å²) in [6, 6.07) is 13.1. The van der Waals surface area contributed by atoms with Crippen LogP contribution in [-0.2, 0) is 9.59 Å². The van der Waals surface area contributed by atoms with E-state index in [1.165, 1.54) is 36.4 Å². The third-order valence-electron chi connectivity index (χ3n) is 5.03. The number of carboxylic acid groups (broad SMARTS) is 1. The van der Waals surface area contributed by atoms with Crippen molar-refractivity contribution in [2.75, 3.05) is 11.9 Å². The lowest BCUT2D eigenvalue weighted by Gasteiger charge is -2.12. The minimum Gasteiger partial charge on any atom is -0.478 e. The number of hydrogen-bond acceptors (Lipinski definition) is 6. The second kappa shape index (κ2) is 9.36. The Labute approximate surface area is 197 Å². The minimum absolute atomic E-state index is 0.0801. The van der Waals surface area contributed by atoms with E-state index in [0.29, 0.717) is 34.3 Å². The molecule has 2 aromatic carbocycles. The van der Waals surface area contributed by atoms with Crippen molar-refractivity contribution in [3.8, 4) is 11.3 Å². The lowest BCUT2D eigenvalue weighted by molar-refractivity contribution is -0.127. The van der Waals surface area contributed by atoms with Gasteiger partial charge in [0.1, 0.15) is 23.9 Å². The zero-order chi connectivity index (χ0) is 24.4. The Morgan fingerprint density at radius 3 is 2.56 bits per heavy atom. The fourth-order valence-corrected chi connectivity index (χ4v) is 4.17. The van der Waals surface area contributed by atoms with E-state index in [9.17, 15) is 28.7 Å². The first-order chi connectivity index (χ1) is 16.2. The van der Waals surface area contributed by atoms with Gasteiger partial charge in [-0.05, 0) is 66.7 Å². The summed E-state index contributed by atoms with van der Waals surface area (Å²) < 4.78 is 18.8. The minimum atomic E-state index is -1.05. The number of furan rings is 1. The molecule has 0 saturated carbocycles. The maximum absolute atomic E-state index is 13.0. The molecular weight excluding hydrogens is 463 g/mol. The topological polar surface area (TPSA) is 117 Å². The maximum Gasteiger partial charge on any atom is 0.335 e. The van der Waals surface area contributed by atoms with Gasteiger partial charge in [0.05, 0.1) is 10.5 Å². The van der Waals surface area contributed by atoms with Gasteiger partial charge in [-0.2, -0.15) is 0 Å². The van der Waals surface area contributed by atoms with Gasteiger partial charge in [0.2, 0.25) is 5.91 Å². The number of imide groups is 1. The van der Waals surface area contributed by atoms with Crippen molar-refractivity contribution in [2.24, 2.45) is 0 Å². The smallest absolute Gasteiger partial charge is 0.335 e. The van der Waals surface area contributed by atoms with Crippen LogP contribution < -0.4 is 5.32 Å². The number of carboxylic acids is 1. The predicted octanol–water partition coefficient (Wildman–Crippen LogP) is 4.77. The summed E-state index contributed by atoms with van der Waals surface area (Å²) in [4.78, 5) is 49.5. The highest BCUT2D eigenvalue weighted by Crippen LogP contribution is 2.34. The number of thioether (sulfide) groups is 1. The SMILES string of the molecule is Cc1c(C(=O)O)cccc1-c1ccc(/C=C2\SC(=O)N(CC(=O)Nc3ccc(F)cc3)C2=O)o1. The van der Waals surface area contributed by atoms with Crippen LogP contribution in [0.5, 0.6) is 0 Å². The largest absolute Gasteiger partial charge is 0.478 e. The molecule has 1 aliphatic heterocycles. The second-order valence-electron chi connectivity index (χ2n) is 7.31. The molecule has 172 valence electrons. The number of aromatic carboxylic acids is 1. The summed E-state index contributed by atoms with van der Waals surface area (Å²) in [5, 5.41) is 11.2. The van der Waals surface area contributed by atoms with Crippen LogP contribution in [0.25, 0.3) is 17.4 Å². The first-order valence-corrected chi connectivity index (χ1v) is 10.8. The van der Waals surface area contributed by atoms with Crippen molar-refractivity contribution in [1.29, 1.82) is 0 Å². The van der Waals surface area contributed by atoms with Crippen molar-refractivity contribution in [3.05, 3.63) is 82.2 Å². The van der Waals surface area contributed by atoms with Crippen molar-refractivity contribution in [1.82, 2.24) is 4.90 Å². The number of anilines is 1. The molecule has 3 amide bonds. The Bertz CT molecular complexity index is 1350. The highest BCUT2D eigenvalue weighted by Gasteiger charge is 2.36. The number of benzene rings is 2. The molecule has 0 aliphatic carbocycles. The van der Waals surface area contributed by atoms with E-state index < -0.39 is 35.4 Å². The standard InChI is InChI=1S/C24H17FN2O6S/c1-13-17(3-2-4-18(13)23(30)31)19-10-9-16(33-19)11-20-22(29)27(24(32)34-20)12-21(28)26-15-7-5-14(25)6-8-15/h2-11H,12H2,1H3,(H,26,28)(H,30,31)/b20-11-. The number of halogens is 1. The maximum atomic E-state index is 13.0. The summed E-state index contributed by atoms with van der Waals surface area (Å²) >= 11 is 0.673. The summed E-state index contributed by atoms with van der Waals surface area (Å²) in [5.74, 6) is -2.07. The summed E-state index contributed by atoms with van der Waals surface area (Å²) in [5.41, 5.74) is 1.60. The molecule has 0 radical (unpaired) electrons. The zero-order valence-electron chi connectivity index (χ0n) is 17.7. The molecule has 1 saturated heterocycles. The first kappa shape index (κ1) is 23.0. The molecule has 0 unspecified atom stereocenters. The molecular formula is C24H17FN2O6S. The molecule has 0 atom stereocenters. The number of amides is 3. The second-order valence-corrected chi connectivity index (χ2v) is 8.30. The summed E-state index contributed by atoms with van der Waals surface area (Å²) in [6.45, 7) is 1.17. The van der Waals surface area contributed by atoms with Crippen molar-refractivity contribution >= 4 is 46.5 Å². The van der Waals surface area contributed by atoms with Gasteiger partial charge < -0.3 is 14.8 Å².